The van der Waals surface area contributed by atoms with Crippen molar-refractivity contribution in [2.24, 2.45) is 12.0 Å². The number of aromatic nitrogens is 1. The molecule has 0 saturated carbocycles. The third-order valence-corrected chi connectivity index (χ3v) is 6.36. The summed E-state index contributed by atoms with van der Waals surface area (Å²) in [6.45, 7) is -0.186. The normalized spacial score (nSPS) is 13.9. The van der Waals surface area contributed by atoms with Gasteiger partial charge in [-0.05, 0) is 49.1 Å². The molecule has 6 nitrogen and oxygen atoms in total. The van der Waals surface area contributed by atoms with Crippen molar-refractivity contribution in [1.82, 2.24) is 4.57 Å². The molecule has 29 heavy (non-hydrogen) atoms. The molecule has 0 atom stereocenters. The number of carbonyl (C=O) groups is 1. The van der Waals surface area contributed by atoms with Crippen LogP contribution in [0.2, 0.25) is 0 Å². The molecule has 0 unspecified atom stereocenters. The largest absolute Gasteiger partial charge is 0.484 e. The third-order valence-electron chi connectivity index (χ3n) is 5.24. The molecule has 0 saturated heterocycles. The number of hydrogen-bond acceptors (Lipinski definition) is 5. The molecule has 4 aromatic rings. The van der Waals surface area contributed by atoms with Gasteiger partial charge in [0, 0.05) is 24.1 Å². The molecule has 0 N–H and O–H groups in total. The minimum atomic E-state index is -0.373. The molecule has 1 aliphatic rings. The summed E-state index contributed by atoms with van der Waals surface area (Å²) >= 11 is 1.46. The van der Waals surface area contributed by atoms with Crippen LogP contribution in [0.1, 0.15) is 17.5 Å². The van der Waals surface area contributed by atoms with Gasteiger partial charge in [-0.25, -0.2) is 4.79 Å². The zero-order chi connectivity index (χ0) is 20.0. The van der Waals surface area contributed by atoms with E-state index in [1.54, 1.807) is 12.1 Å². The Morgan fingerprint density at radius 2 is 2.03 bits per heavy atom. The molecule has 0 spiro atoms. The monoisotopic (exact) mass is 406 g/mol. The third kappa shape index (κ3) is 3.17. The zero-order valence-corrected chi connectivity index (χ0v) is 16.6. The minimum absolute atomic E-state index is 0.186. The molecule has 0 aliphatic heterocycles. The van der Waals surface area contributed by atoms with Crippen molar-refractivity contribution >= 4 is 38.4 Å². The molecule has 0 bridgehead atoms. The highest BCUT2D eigenvalue weighted by molar-refractivity contribution is 7.16. The Hall–Kier alpha value is -3.19. The second-order valence-corrected chi connectivity index (χ2v) is 8.07. The first-order valence-corrected chi connectivity index (χ1v) is 10.3. The standard InChI is InChI=1S/C22H18N2O4S/c1-24-17-7-2-3-8-19(17)29-22(24)23-20(25)12-27-13-9-10-15-14-5-4-6-16(14)21(26)28-18(15)11-13/h2-3,7-11H,4-6,12H2,1H3. The number of hydrogen-bond donors (Lipinski definition) is 0. The van der Waals surface area contributed by atoms with Crippen LogP contribution >= 0.6 is 11.3 Å². The Kier molecular flexibility index (Phi) is 4.32. The summed E-state index contributed by atoms with van der Waals surface area (Å²) in [6.07, 6.45) is 2.64. The average molecular weight is 406 g/mol. The van der Waals surface area contributed by atoms with Crippen LogP contribution in [-0.2, 0) is 24.7 Å². The Morgan fingerprint density at radius 3 is 2.90 bits per heavy atom. The maximum atomic E-state index is 12.3. The van der Waals surface area contributed by atoms with E-state index in [-0.39, 0.29) is 18.1 Å². The summed E-state index contributed by atoms with van der Waals surface area (Å²) in [7, 11) is 1.88. The molecule has 0 fully saturated rings. The molecule has 5 rings (SSSR count). The van der Waals surface area contributed by atoms with Gasteiger partial charge in [0.1, 0.15) is 11.3 Å². The number of carbonyl (C=O) groups excluding carboxylic acids is 1. The fraction of sp³-hybridized carbons (Fsp3) is 0.227. The van der Waals surface area contributed by atoms with Gasteiger partial charge in [-0.2, -0.15) is 4.99 Å². The fourth-order valence-corrected chi connectivity index (χ4v) is 4.86. The second-order valence-electron chi connectivity index (χ2n) is 7.06. The van der Waals surface area contributed by atoms with Gasteiger partial charge in [0.25, 0.3) is 5.91 Å². The van der Waals surface area contributed by atoms with E-state index < -0.39 is 0 Å². The second kappa shape index (κ2) is 7.00. The molecule has 1 aliphatic carbocycles. The first-order valence-electron chi connectivity index (χ1n) is 9.44. The maximum absolute atomic E-state index is 12.3. The lowest BCUT2D eigenvalue weighted by atomic mass is 10.1. The van der Waals surface area contributed by atoms with Gasteiger partial charge in [0.15, 0.2) is 11.4 Å². The van der Waals surface area contributed by atoms with Crippen LogP contribution in [0.15, 0.2) is 56.7 Å². The van der Waals surface area contributed by atoms with Crippen LogP contribution in [0.3, 0.4) is 0 Å². The summed E-state index contributed by atoms with van der Waals surface area (Å²) in [5.41, 5.74) is 3.11. The van der Waals surface area contributed by atoms with Crippen LogP contribution < -0.4 is 15.2 Å². The van der Waals surface area contributed by atoms with Gasteiger partial charge < -0.3 is 13.7 Å². The molecule has 2 heterocycles. The summed E-state index contributed by atoms with van der Waals surface area (Å²) in [6, 6.07) is 13.3. The van der Waals surface area contributed by atoms with Crippen molar-refractivity contribution in [2.75, 3.05) is 6.61 Å². The van der Waals surface area contributed by atoms with E-state index in [4.69, 9.17) is 9.15 Å². The summed E-state index contributed by atoms with van der Waals surface area (Å²) in [4.78, 5) is 29.3. The Bertz CT molecular complexity index is 1390. The predicted molar refractivity (Wildman–Crippen MR) is 111 cm³/mol. The van der Waals surface area contributed by atoms with E-state index in [1.807, 2.05) is 41.9 Å². The van der Waals surface area contributed by atoms with Crippen molar-refractivity contribution in [1.29, 1.82) is 0 Å². The highest BCUT2D eigenvalue weighted by Crippen LogP contribution is 2.29. The van der Waals surface area contributed by atoms with Gasteiger partial charge in [-0.1, -0.05) is 23.5 Å². The molecule has 2 aromatic heterocycles. The van der Waals surface area contributed by atoms with E-state index in [0.717, 1.165) is 46.0 Å². The Balaban J connectivity index is 1.39. The highest BCUT2D eigenvalue weighted by atomic mass is 32.1. The Morgan fingerprint density at radius 1 is 1.21 bits per heavy atom. The molecular formula is C22H18N2O4S. The predicted octanol–water partition coefficient (Wildman–Crippen LogP) is 3.34. The Labute approximate surface area is 169 Å². The van der Waals surface area contributed by atoms with Gasteiger partial charge in [0.2, 0.25) is 0 Å². The van der Waals surface area contributed by atoms with Crippen LogP contribution in [0.4, 0.5) is 0 Å². The van der Waals surface area contributed by atoms with E-state index in [9.17, 15) is 9.59 Å². The number of rotatable bonds is 3. The quantitative estimate of drug-likeness (QED) is 0.489. The van der Waals surface area contributed by atoms with Crippen molar-refractivity contribution in [3.63, 3.8) is 0 Å². The van der Waals surface area contributed by atoms with E-state index in [1.165, 1.54) is 11.3 Å². The van der Waals surface area contributed by atoms with Gasteiger partial charge in [-0.3, -0.25) is 4.79 Å². The molecule has 0 radical (unpaired) electrons. The lowest BCUT2D eigenvalue weighted by molar-refractivity contribution is -0.120. The minimum Gasteiger partial charge on any atom is -0.484 e. The molecule has 2 aromatic carbocycles. The van der Waals surface area contributed by atoms with Crippen LogP contribution in [0.25, 0.3) is 21.2 Å². The van der Waals surface area contributed by atoms with E-state index in [0.29, 0.717) is 16.1 Å². The highest BCUT2D eigenvalue weighted by Gasteiger charge is 2.19. The number of aryl methyl sites for hydroxylation is 2. The van der Waals surface area contributed by atoms with Gasteiger partial charge >= 0.3 is 5.63 Å². The maximum Gasteiger partial charge on any atom is 0.339 e. The van der Waals surface area contributed by atoms with E-state index >= 15 is 0 Å². The van der Waals surface area contributed by atoms with Crippen molar-refractivity contribution in [3.05, 3.63) is 68.8 Å². The molecular weight excluding hydrogens is 388 g/mol. The molecule has 1 amide bonds. The van der Waals surface area contributed by atoms with Crippen molar-refractivity contribution < 1.29 is 13.9 Å². The first kappa shape index (κ1) is 17.9. The number of para-hydroxylation sites is 1. The SMILES string of the molecule is Cn1c(=NC(=O)COc2ccc3c4c(c(=O)oc3c2)CCC4)sc2ccccc21. The number of fused-ring (bicyclic) bond motifs is 4. The number of benzene rings is 2. The number of ether oxygens (including phenoxy) is 1. The number of amides is 1. The van der Waals surface area contributed by atoms with Crippen molar-refractivity contribution in [2.45, 2.75) is 19.3 Å². The van der Waals surface area contributed by atoms with Crippen LogP contribution in [0, 0.1) is 0 Å². The lowest BCUT2D eigenvalue weighted by Gasteiger charge is -2.07. The lowest BCUT2D eigenvalue weighted by Crippen LogP contribution is -2.17. The zero-order valence-electron chi connectivity index (χ0n) is 15.8. The number of nitrogens with zero attached hydrogens (tertiary/aromatic N) is 2. The topological polar surface area (TPSA) is 73.8 Å². The van der Waals surface area contributed by atoms with Crippen LogP contribution in [-0.4, -0.2) is 17.1 Å². The van der Waals surface area contributed by atoms with Crippen LogP contribution in [0.5, 0.6) is 5.75 Å². The molecule has 7 heteroatoms. The average Bonchev–Trinajstić information content (AvgIpc) is 3.33. The first-order chi connectivity index (χ1) is 14.1. The summed E-state index contributed by atoms with van der Waals surface area (Å²) in [5, 5.41) is 0.942. The fourth-order valence-electron chi connectivity index (χ4n) is 3.83. The van der Waals surface area contributed by atoms with Gasteiger partial charge in [0.05, 0.1) is 10.2 Å². The van der Waals surface area contributed by atoms with E-state index in [2.05, 4.69) is 4.99 Å². The summed E-state index contributed by atoms with van der Waals surface area (Å²) in [5.74, 6) is 0.102. The number of thiazole rings is 1. The van der Waals surface area contributed by atoms with Gasteiger partial charge in [-0.15, -0.1) is 0 Å². The van der Waals surface area contributed by atoms with Crippen molar-refractivity contribution in [3.8, 4) is 5.75 Å². The molecule has 146 valence electrons. The summed E-state index contributed by atoms with van der Waals surface area (Å²) < 4.78 is 14.0. The smallest absolute Gasteiger partial charge is 0.339 e.